The highest BCUT2D eigenvalue weighted by molar-refractivity contribution is 7.26. The lowest BCUT2D eigenvalue weighted by Gasteiger charge is -2.11. The van der Waals surface area contributed by atoms with Gasteiger partial charge in [0.1, 0.15) is 0 Å². The molecule has 178 valence electrons. The van der Waals surface area contributed by atoms with Crippen molar-refractivity contribution in [3.8, 4) is 28.7 Å². The first-order valence-corrected chi connectivity index (χ1v) is 13.4. The van der Waals surface area contributed by atoms with Gasteiger partial charge in [-0.25, -0.2) is 4.98 Å². The molecule has 5 heteroatoms. The zero-order chi connectivity index (χ0) is 25.1. The number of thiophene rings is 1. The minimum atomic E-state index is 0.619. The fourth-order valence-electron chi connectivity index (χ4n) is 5.34. The molecule has 0 saturated carbocycles. The number of fused-ring (bicyclic) bond motifs is 7. The summed E-state index contributed by atoms with van der Waals surface area (Å²) < 4.78 is 4.74. The van der Waals surface area contributed by atoms with Gasteiger partial charge in [0.15, 0.2) is 11.6 Å². The van der Waals surface area contributed by atoms with Crippen molar-refractivity contribution in [3.05, 3.63) is 121 Å². The van der Waals surface area contributed by atoms with Crippen LogP contribution in [0.2, 0.25) is 0 Å². The van der Waals surface area contributed by atoms with Crippen LogP contribution in [0, 0.1) is 0 Å². The topological polar surface area (TPSA) is 43.6 Å². The van der Waals surface area contributed by atoms with E-state index in [4.69, 9.17) is 15.0 Å². The molecule has 3 aromatic heterocycles. The second-order valence-electron chi connectivity index (χ2n) is 9.30. The number of hydrogen-bond donors (Lipinski definition) is 0. The van der Waals surface area contributed by atoms with Gasteiger partial charge in [0.2, 0.25) is 5.95 Å². The van der Waals surface area contributed by atoms with Crippen LogP contribution in [0.3, 0.4) is 0 Å². The molecule has 0 unspecified atom stereocenters. The van der Waals surface area contributed by atoms with Crippen LogP contribution in [0.15, 0.2) is 121 Å². The first-order chi connectivity index (χ1) is 18.8. The molecule has 0 spiro atoms. The molecule has 8 aromatic rings. The number of benzene rings is 5. The summed E-state index contributed by atoms with van der Waals surface area (Å²) in [5, 5.41) is 4.91. The lowest BCUT2D eigenvalue weighted by Crippen LogP contribution is -2.06. The van der Waals surface area contributed by atoms with Gasteiger partial charge in [0.05, 0.1) is 15.7 Å². The van der Waals surface area contributed by atoms with Gasteiger partial charge in [-0.3, -0.25) is 4.57 Å². The zero-order valence-corrected chi connectivity index (χ0v) is 21.1. The molecule has 0 bridgehead atoms. The lowest BCUT2D eigenvalue weighted by molar-refractivity contribution is 0.955. The molecule has 0 aliphatic rings. The molecule has 0 N–H and O–H groups in total. The van der Waals surface area contributed by atoms with Gasteiger partial charge < -0.3 is 0 Å². The molecule has 0 aliphatic carbocycles. The van der Waals surface area contributed by atoms with E-state index >= 15 is 0 Å². The maximum atomic E-state index is 5.08. The Morgan fingerprint density at radius 2 is 1.05 bits per heavy atom. The Morgan fingerprint density at radius 3 is 1.76 bits per heavy atom. The molecule has 3 heterocycles. The molecule has 0 aliphatic heterocycles. The van der Waals surface area contributed by atoms with Gasteiger partial charge in [-0.15, -0.1) is 11.3 Å². The Balaban J connectivity index is 1.53. The van der Waals surface area contributed by atoms with Gasteiger partial charge in [0.25, 0.3) is 0 Å². The Labute approximate surface area is 222 Å². The Bertz CT molecular complexity index is 2070. The average molecular weight is 505 g/mol. The Morgan fingerprint density at radius 1 is 0.474 bits per heavy atom. The molecule has 5 aromatic carbocycles. The minimum absolute atomic E-state index is 0.619. The smallest absolute Gasteiger partial charge is 0.238 e. The predicted molar refractivity (Wildman–Crippen MR) is 158 cm³/mol. The fourth-order valence-corrected chi connectivity index (χ4v) is 6.58. The first kappa shape index (κ1) is 21.2. The molecule has 4 nitrogen and oxygen atoms in total. The van der Waals surface area contributed by atoms with Crippen LogP contribution in [0.4, 0.5) is 0 Å². The molecule has 0 atom stereocenters. The number of rotatable bonds is 3. The maximum Gasteiger partial charge on any atom is 0.238 e. The van der Waals surface area contributed by atoms with E-state index in [9.17, 15) is 0 Å². The lowest BCUT2D eigenvalue weighted by atomic mass is 10.1. The second-order valence-corrected chi connectivity index (χ2v) is 10.4. The van der Waals surface area contributed by atoms with E-state index in [1.165, 1.54) is 30.9 Å². The largest absolute Gasteiger partial charge is 0.276 e. The number of aromatic nitrogens is 4. The van der Waals surface area contributed by atoms with Crippen molar-refractivity contribution in [1.82, 2.24) is 19.5 Å². The van der Waals surface area contributed by atoms with Gasteiger partial charge in [-0.05, 0) is 12.1 Å². The quantitative estimate of drug-likeness (QED) is 0.242. The van der Waals surface area contributed by atoms with Crippen molar-refractivity contribution >= 4 is 53.3 Å². The average Bonchev–Trinajstić information content (AvgIpc) is 3.54. The van der Waals surface area contributed by atoms with Crippen LogP contribution in [0.1, 0.15) is 0 Å². The first-order valence-electron chi connectivity index (χ1n) is 12.6. The highest BCUT2D eigenvalue weighted by Crippen LogP contribution is 2.42. The van der Waals surface area contributed by atoms with Gasteiger partial charge in [0, 0.05) is 37.4 Å². The summed E-state index contributed by atoms with van der Waals surface area (Å²) in [7, 11) is 0. The molecular weight excluding hydrogens is 484 g/mol. The molecule has 8 rings (SSSR count). The summed E-state index contributed by atoms with van der Waals surface area (Å²) in [5.41, 5.74) is 4.13. The highest BCUT2D eigenvalue weighted by atomic mass is 32.1. The SMILES string of the molecule is c1ccc(-c2nc(-c3ccccc3)nc(-n3c4ccccc4c4ccc5c6ccccc6sc5c43)n2)cc1. The van der Waals surface area contributed by atoms with Crippen molar-refractivity contribution in [2.75, 3.05) is 0 Å². The third-order valence-electron chi connectivity index (χ3n) is 7.07. The van der Waals surface area contributed by atoms with Crippen LogP contribution in [0.25, 0.3) is 70.7 Å². The van der Waals surface area contributed by atoms with Crippen LogP contribution in [-0.2, 0) is 0 Å². The highest BCUT2D eigenvalue weighted by Gasteiger charge is 2.20. The molecular formula is C33H20N4S. The van der Waals surface area contributed by atoms with Crippen molar-refractivity contribution < 1.29 is 0 Å². The normalized spacial score (nSPS) is 11.7. The summed E-state index contributed by atoms with van der Waals surface area (Å²) in [6.45, 7) is 0. The number of hydrogen-bond acceptors (Lipinski definition) is 4. The second kappa shape index (κ2) is 8.33. The van der Waals surface area contributed by atoms with Crippen molar-refractivity contribution in [2.24, 2.45) is 0 Å². The van der Waals surface area contributed by atoms with Crippen LogP contribution < -0.4 is 0 Å². The van der Waals surface area contributed by atoms with Crippen molar-refractivity contribution in [1.29, 1.82) is 0 Å². The van der Waals surface area contributed by atoms with Gasteiger partial charge >= 0.3 is 0 Å². The van der Waals surface area contributed by atoms with E-state index in [1.807, 2.05) is 72.0 Å². The van der Waals surface area contributed by atoms with E-state index in [0.29, 0.717) is 17.6 Å². The maximum absolute atomic E-state index is 5.08. The van der Waals surface area contributed by atoms with E-state index in [-0.39, 0.29) is 0 Å². The summed E-state index contributed by atoms with van der Waals surface area (Å²) >= 11 is 1.82. The summed E-state index contributed by atoms with van der Waals surface area (Å²) in [5.74, 6) is 1.93. The number of para-hydroxylation sites is 1. The standard InChI is InChI=1S/C33H20N4S/c1-3-11-21(12-4-1)31-34-32(22-13-5-2-6-14-22)36-33(35-31)37-27-17-9-7-15-23(27)25-19-20-26-24-16-8-10-18-28(24)38-30(26)29(25)37/h1-20H. The summed E-state index contributed by atoms with van der Waals surface area (Å²) in [4.78, 5) is 15.1. The molecule has 38 heavy (non-hydrogen) atoms. The van der Waals surface area contributed by atoms with Crippen LogP contribution in [-0.4, -0.2) is 19.5 Å². The Kier molecular flexibility index (Phi) is 4.66. The van der Waals surface area contributed by atoms with Gasteiger partial charge in [-0.2, -0.15) is 9.97 Å². The molecule has 0 amide bonds. The van der Waals surface area contributed by atoms with E-state index in [2.05, 4.69) is 65.2 Å². The Hall–Kier alpha value is -4.87. The summed E-state index contributed by atoms with van der Waals surface area (Å²) in [6.07, 6.45) is 0. The summed E-state index contributed by atoms with van der Waals surface area (Å²) in [6, 6.07) is 41.9. The molecule has 0 fully saturated rings. The predicted octanol–water partition coefficient (Wildman–Crippen LogP) is 8.67. The third kappa shape index (κ3) is 3.19. The van der Waals surface area contributed by atoms with Crippen molar-refractivity contribution in [3.63, 3.8) is 0 Å². The van der Waals surface area contributed by atoms with E-state index in [1.54, 1.807) is 0 Å². The molecule has 0 saturated heterocycles. The van der Waals surface area contributed by atoms with E-state index < -0.39 is 0 Å². The van der Waals surface area contributed by atoms with Crippen molar-refractivity contribution in [2.45, 2.75) is 0 Å². The fraction of sp³-hybridized carbons (Fsp3) is 0. The zero-order valence-electron chi connectivity index (χ0n) is 20.2. The monoisotopic (exact) mass is 504 g/mol. The van der Waals surface area contributed by atoms with Gasteiger partial charge in [-0.1, -0.05) is 109 Å². The molecule has 0 radical (unpaired) electrons. The van der Waals surface area contributed by atoms with E-state index in [0.717, 1.165) is 22.2 Å². The van der Waals surface area contributed by atoms with Crippen LogP contribution >= 0.6 is 11.3 Å². The number of nitrogens with zero attached hydrogens (tertiary/aromatic N) is 4. The third-order valence-corrected chi connectivity index (χ3v) is 8.26. The van der Waals surface area contributed by atoms with Crippen LogP contribution in [0.5, 0.6) is 0 Å². The minimum Gasteiger partial charge on any atom is -0.276 e.